The van der Waals surface area contributed by atoms with Crippen LogP contribution in [0.25, 0.3) is 5.69 Å². The first-order valence-electron chi connectivity index (χ1n) is 8.92. The average Bonchev–Trinajstić information content (AvgIpc) is 3.40. The topological polar surface area (TPSA) is 41.4 Å². The lowest BCUT2D eigenvalue weighted by Gasteiger charge is -2.34. The summed E-state index contributed by atoms with van der Waals surface area (Å²) in [6, 6.07) is 7.70. The van der Waals surface area contributed by atoms with Crippen LogP contribution in [0.3, 0.4) is 0 Å². The number of aryl methyl sites for hydroxylation is 1. The maximum atomic E-state index is 12.1. The van der Waals surface area contributed by atoms with Crippen molar-refractivity contribution < 1.29 is 4.79 Å². The molecule has 2 aliphatic rings. The summed E-state index contributed by atoms with van der Waals surface area (Å²) in [5.74, 6) is 0.692. The summed E-state index contributed by atoms with van der Waals surface area (Å²) < 4.78 is 1.91. The molecule has 0 radical (unpaired) electrons. The normalized spacial score (nSPS) is 18.6. The van der Waals surface area contributed by atoms with Gasteiger partial charge in [-0.25, -0.2) is 4.68 Å². The van der Waals surface area contributed by atoms with Gasteiger partial charge in [0.25, 0.3) is 0 Å². The van der Waals surface area contributed by atoms with Crippen molar-refractivity contribution in [3.05, 3.63) is 46.7 Å². The van der Waals surface area contributed by atoms with Crippen molar-refractivity contribution in [3.63, 3.8) is 0 Å². The van der Waals surface area contributed by atoms with Crippen LogP contribution in [0.2, 0.25) is 5.02 Å². The minimum Gasteiger partial charge on any atom is -0.340 e. The molecule has 1 aromatic carbocycles. The highest BCUT2D eigenvalue weighted by atomic mass is 35.5. The molecular weight excluding hydrogens is 336 g/mol. The van der Waals surface area contributed by atoms with E-state index in [4.69, 9.17) is 11.6 Å². The molecule has 4 rings (SSSR count). The van der Waals surface area contributed by atoms with Gasteiger partial charge in [-0.05, 0) is 44.0 Å². The molecule has 1 aliphatic carbocycles. The fourth-order valence-corrected chi connectivity index (χ4v) is 3.46. The van der Waals surface area contributed by atoms with Gasteiger partial charge < -0.3 is 4.90 Å². The van der Waals surface area contributed by atoms with Crippen LogP contribution >= 0.6 is 11.6 Å². The van der Waals surface area contributed by atoms with Crippen molar-refractivity contribution in [1.29, 1.82) is 0 Å². The molecule has 2 heterocycles. The number of benzene rings is 1. The number of carbonyl (C=O) groups is 1. The molecule has 2 aromatic rings. The van der Waals surface area contributed by atoms with Crippen LogP contribution in [-0.2, 0) is 11.3 Å². The van der Waals surface area contributed by atoms with Gasteiger partial charge in [-0.15, -0.1) is 0 Å². The second kappa shape index (κ2) is 6.81. The number of rotatable bonds is 4. The first kappa shape index (κ1) is 16.6. The second-order valence-corrected chi connectivity index (χ2v) is 7.47. The molecule has 25 heavy (non-hydrogen) atoms. The Labute approximate surface area is 153 Å². The van der Waals surface area contributed by atoms with Gasteiger partial charge in [-0.3, -0.25) is 9.69 Å². The minimum absolute atomic E-state index is 0.325. The third-order valence-electron chi connectivity index (χ3n) is 5.10. The number of hydrogen-bond donors (Lipinski definition) is 0. The standard InChI is InChI=1S/C19H23ClN4O/c1-14-16(13-24(21-14)18-6-4-17(20)5-7-18)12-22-8-10-23(11-9-22)19(25)15-2-3-15/h4-7,13,15H,2-3,8-12H2,1H3. The first-order chi connectivity index (χ1) is 12.1. The Kier molecular flexibility index (Phi) is 4.52. The number of amides is 1. The largest absolute Gasteiger partial charge is 0.340 e. The van der Waals surface area contributed by atoms with Gasteiger partial charge in [-0.1, -0.05) is 11.6 Å². The van der Waals surface area contributed by atoms with Crippen LogP contribution in [0.1, 0.15) is 24.1 Å². The van der Waals surface area contributed by atoms with E-state index in [1.165, 1.54) is 5.56 Å². The predicted octanol–water partition coefficient (Wildman–Crippen LogP) is 2.89. The summed E-state index contributed by atoms with van der Waals surface area (Å²) in [7, 11) is 0. The van der Waals surface area contributed by atoms with Gasteiger partial charge in [0.2, 0.25) is 5.91 Å². The molecule has 0 N–H and O–H groups in total. The quantitative estimate of drug-likeness (QED) is 0.843. The van der Waals surface area contributed by atoms with E-state index in [1.807, 2.05) is 33.8 Å². The summed E-state index contributed by atoms with van der Waals surface area (Å²) in [4.78, 5) is 16.6. The summed E-state index contributed by atoms with van der Waals surface area (Å²) >= 11 is 5.96. The van der Waals surface area contributed by atoms with E-state index in [0.717, 1.165) is 62.0 Å². The fraction of sp³-hybridized carbons (Fsp3) is 0.474. The maximum absolute atomic E-state index is 12.1. The number of piperazine rings is 1. The number of nitrogens with zero attached hydrogens (tertiary/aromatic N) is 4. The van der Waals surface area contributed by atoms with E-state index in [0.29, 0.717) is 11.8 Å². The molecule has 0 bridgehead atoms. The molecule has 0 unspecified atom stereocenters. The molecule has 1 saturated heterocycles. The summed E-state index contributed by atoms with van der Waals surface area (Å²) in [6.07, 6.45) is 4.27. The number of halogens is 1. The lowest BCUT2D eigenvalue weighted by molar-refractivity contribution is -0.134. The van der Waals surface area contributed by atoms with E-state index >= 15 is 0 Å². The molecule has 5 nitrogen and oxygen atoms in total. The van der Waals surface area contributed by atoms with Crippen molar-refractivity contribution in [1.82, 2.24) is 19.6 Å². The van der Waals surface area contributed by atoms with Crippen LogP contribution in [0.15, 0.2) is 30.5 Å². The van der Waals surface area contributed by atoms with E-state index in [-0.39, 0.29) is 0 Å². The molecular formula is C19H23ClN4O. The van der Waals surface area contributed by atoms with Gasteiger partial charge in [-0.2, -0.15) is 5.10 Å². The third-order valence-corrected chi connectivity index (χ3v) is 5.35. The predicted molar refractivity (Wildman–Crippen MR) is 97.9 cm³/mol. The van der Waals surface area contributed by atoms with E-state index in [9.17, 15) is 4.79 Å². The SMILES string of the molecule is Cc1nn(-c2ccc(Cl)cc2)cc1CN1CCN(C(=O)C2CC2)CC1. The molecule has 0 atom stereocenters. The van der Waals surface area contributed by atoms with Crippen molar-refractivity contribution in [3.8, 4) is 5.69 Å². The van der Waals surface area contributed by atoms with Gasteiger partial charge in [0.1, 0.15) is 0 Å². The van der Waals surface area contributed by atoms with Crippen LogP contribution in [0.4, 0.5) is 0 Å². The van der Waals surface area contributed by atoms with Crippen molar-refractivity contribution >= 4 is 17.5 Å². The number of hydrogen-bond acceptors (Lipinski definition) is 3. The lowest BCUT2D eigenvalue weighted by Crippen LogP contribution is -2.48. The third kappa shape index (κ3) is 3.72. The molecule has 1 amide bonds. The van der Waals surface area contributed by atoms with E-state index in [1.54, 1.807) is 0 Å². The zero-order chi connectivity index (χ0) is 17.4. The highest BCUT2D eigenvalue weighted by molar-refractivity contribution is 6.30. The monoisotopic (exact) mass is 358 g/mol. The Morgan fingerprint density at radius 3 is 2.48 bits per heavy atom. The van der Waals surface area contributed by atoms with Crippen molar-refractivity contribution in [2.75, 3.05) is 26.2 Å². The number of aromatic nitrogens is 2. The van der Waals surface area contributed by atoms with Crippen molar-refractivity contribution in [2.24, 2.45) is 5.92 Å². The van der Waals surface area contributed by atoms with Crippen LogP contribution in [0.5, 0.6) is 0 Å². The summed E-state index contributed by atoms with van der Waals surface area (Å²) in [5.41, 5.74) is 3.29. The Morgan fingerprint density at radius 1 is 1.16 bits per heavy atom. The summed E-state index contributed by atoms with van der Waals surface area (Å²) in [5, 5.41) is 5.36. The lowest BCUT2D eigenvalue weighted by atomic mass is 10.2. The molecule has 1 saturated carbocycles. The average molecular weight is 359 g/mol. The zero-order valence-corrected chi connectivity index (χ0v) is 15.2. The van der Waals surface area contributed by atoms with Crippen LogP contribution < -0.4 is 0 Å². The van der Waals surface area contributed by atoms with Crippen LogP contribution in [-0.4, -0.2) is 51.7 Å². The molecule has 132 valence electrons. The smallest absolute Gasteiger partial charge is 0.225 e. The van der Waals surface area contributed by atoms with Gasteiger partial charge in [0.05, 0.1) is 11.4 Å². The first-order valence-corrected chi connectivity index (χ1v) is 9.30. The molecule has 6 heteroatoms. The zero-order valence-electron chi connectivity index (χ0n) is 14.5. The highest BCUT2D eigenvalue weighted by Gasteiger charge is 2.34. The Hall–Kier alpha value is -1.85. The summed E-state index contributed by atoms with van der Waals surface area (Å²) in [6.45, 7) is 6.49. The van der Waals surface area contributed by atoms with E-state index in [2.05, 4.69) is 23.1 Å². The van der Waals surface area contributed by atoms with Crippen molar-refractivity contribution in [2.45, 2.75) is 26.3 Å². The molecule has 0 spiro atoms. The van der Waals surface area contributed by atoms with Gasteiger partial charge in [0.15, 0.2) is 0 Å². The molecule has 2 fully saturated rings. The molecule has 1 aromatic heterocycles. The Morgan fingerprint density at radius 2 is 1.84 bits per heavy atom. The highest BCUT2D eigenvalue weighted by Crippen LogP contribution is 2.31. The van der Waals surface area contributed by atoms with Gasteiger partial charge in [0, 0.05) is 55.4 Å². The Bertz CT molecular complexity index is 758. The minimum atomic E-state index is 0.325. The number of carbonyl (C=O) groups excluding carboxylic acids is 1. The Balaban J connectivity index is 1.38. The van der Waals surface area contributed by atoms with E-state index < -0.39 is 0 Å². The maximum Gasteiger partial charge on any atom is 0.225 e. The second-order valence-electron chi connectivity index (χ2n) is 7.04. The van der Waals surface area contributed by atoms with Crippen LogP contribution in [0, 0.1) is 12.8 Å². The molecule has 1 aliphatic heterocycles. The van der Waals surface area contributed by atoms with Gasteiger partial charge >= 0.3 is 0 Å². The fourth-order valence-electron chi connectivity index (χ4n) is 3.33.